The molecule has 0 aromatic carbocycles. The molecule has 0 heterocycles. The van der Waals surface area contributed by atoms with E-state index in [0.29, 0.717) is 19.8 Å². The topological polar surface area (TPSA) is 47.6 Å². The van der Waals surface area contributed by atoms with Crippen molar-refractivity contribution in [3.05, 3.63) is 12.2 Å². The number of rotatable bonds is 7. The molecule has 0 saturated heterocycles. The first-order chi connectivity index (χ1) is 7.31. The van der Waals surface area contributed by atoms with E-state index in [1.54, 1.807) is 0 Å². The second kappa shape index (κ2) is 7.41. The minimum Gasteiger partial charge on any atom is -0.375 e. The van der Waals surface area contributed by atoms with Crippen molar-refractivity contribution >= 4 is 5.91 Å². The molecule has 0 fully saturated rings. The molecule has 1 N–H and O–H groups in total. The summed E-state index contributed by atoms with van der Waals surface area (Å²) in [5, 5.41) is 2.71. The Balaban J connectivity index is 3.41. The summed E-state index contributed by atoms with van der Waals surface area (Å²) in [5.41, 5.74) is 0.691. The number of amides is 1. The third-order valence-corrected chi connectivity index (χ3v) is 1.55. The van der Waals surface area contributed by atoms with Crippen LogP contribution >= 0.6 is 0 Å². The van der Waals surface area contributed by atoms with Crippen molar-refractivity contribution in [2.24, 2.45) is 0 Å². The van der Waals surface area contributed by atoms with E-state index in [1.807, 2.05) is 27.7 Å². The van der Waals surface area contributed by atoms with Crippen molar-refractivity contribution in [1.82, 2.24) is 5.32 Å². The summed E-state index contributed by atoms with van der Waals surface area (Å²) in [6.45, 7) is 13.0. The van der Waals surface area contributed by atoms with Crippen molar-refractivity contribution in [2.45, 2.75) is 33.3 Å². The van der Waals surface area contributed by atoms with Crippen LogP contribution in [0.1, 0.15) is 27.7 Å². The molecule has 0 radical (unpaired) electrons. The van der Waals surface area contributed by atoms with Crippen molar-refractivity contribution < 1.29 is 14.3 Å². The molecule has 0 aliphatic heterocycles. The molecule has 0 atom stereocenters. The lowest BCUT2D eigenvalue weighted by Gasteiger charge is -2.18. The number of nitrogens with one attached hydrogen (secondary N) is 1. The highest BCUT2D eigenvalue weighted by Gasteiger charge is 2.12. The van der Waals surface area contributed by atoms with Crippen LogP contribution in [0, 0.1) is 0 Å². The fourth-order valence-electron chi connectivity index (χ4n) is 0.842. The molecule has 1 amide bonds. The molecule has 0 rings (SSSR count). The summed E-state index contributed by atoms with van der Waals surface area (Å²) >= 11 is 0. The van der Waals surface area contributed by atoms with E-state index in [-0.39, 0.29) is 18.1 Å². The standard InChI is InChI=1S/C12H23NO3/c1-10(2)8-15-7-6-13-11(14)9-16-12(3,4)5/h1,6-9H2,2-5H3,(H,13,14). The van der Waals surface area contributed by atoms with Crippen LogP contribution in [0.3, 0.4) is 0 Å². The average Bonchev–Trinajstić information content (AvgIpc) is 2.12. The summed E-state index contributed by atoms with van der Waals surface area (Å²) in [4.78, 5) is 11.3. The fourth-order valence-corrected chi connectivity index (χ4v) is 0.842. The van der Waals surface area contributed by atoms with Crippen molar-refractivity contribution in [1.29, 1.82) is 0 Å². The van der Waals surface area contributed by atoms with Crippen molar-refractivity contribution in [3.8, 4) is 0 Å². The van der Waals surface area contributed by atoms with E-state index in [0.717, 1.165) is 5.57 Å². The van der Waals surface area contributed by atoms with Gasteiger partial charge in [0.05, 0.1) is 18.8 Å². The Bertz CT molecular complexity index is 231. The molecular weight excluding hydrogens is 206 g/mol. The summed E-state index contributed by atoms with van der Waals surface area (Å²) in [6.07, 6.45) is 0. The molecule has 4 heteroatoms. The minimum atomic E-state index is -0.284. The van der Waals surface area contributed by atoms with E-state index in [4.69, 9.17) is 9.47 Å². The molecule has 0 saturated carbocycles. The molecule has 0 aromatic rings. The zero-order valence-electron chi connectivity index (χ0n) is 10.8. The molecular formula is C12H23NO3. The third kappa shape index (κ3) is 11.2. The van der Waals surface area contributed by atoms with Gasteiger partial charge in [0.1, 0.15) is 6.61 Å². The predicted molar refractivity (Wildman–Crippen MR) is 64.3 cm³/mol. The molecule has 16 heavy (non-hydrogen) atoms. The van der Waals surface area contributed by atoms with Gasteiger partial charge in [0.15, 0.2) is 0 Å². The molecule has 4 nitrogen and oxygen atoms in total. The first kappa shape index (κ1) is 15.1. The minimum absolute atomic E-state index is 0.0873. The van der Waals surface area contributed by atoms with Gasteiger partial charge in [-0.25, -0.2) is 0 Å². The van der Waals surface area contributed by atoms with Crippen LogP contribution in [0.5, 0.6) is 0 Å². The second-order valence-corrected chi connectivity index (χ2v) is 4.76. The van der Waals surface area contributed by atoms with Gasteiger partial charge in [-0.3, -0.25) is 4.79 Å². The van der Waals surface area contributed by atoms with Gasteiger partial charge in [-0.1, -0.05) is 12.2 Å². The number of hydrogen-bond donors (Lipinski definition) is 1. The smallest absolute Gasteiger partial charge is 0.246 e. The van der Waals surface area contributed by atoms with Gasteiger partial charge in [0.25, 0.3) is 0 Å². The normalized spacial score (nSPS) is 11.2. The molecule has 0 bridgehead atoms. The van der Waals surface area contributed by atoms with Crippen molar-refractivity contribution in [3.63, 3.8) is 0 Å². The summed E-state index contributed by atoms with van der Waals surface area (Å²) in [6, 6.07) is 0. The Morgan fingerprint density at radius 3 is 2.44 bits per heavy atom. The van der Waals surface area contributed by atoms with E-state index in [1.165, 1.54) is 0 Å². The van der Waals surface area contributed by atoms with Gasteiger partial charge in [0.2, 0.25) is 5.91 Å². The van der Waals surface area contributed by atoms with Crippen LogP contribution in [0.2, 0.25) is 0 Å². The lowest BCUT2D eigenvalue weighted by Crippen LogP contribution is -2.34. The lowest BCUT2D eigenvalue weighted by molar-refractivity contribution is -0.130. The maximum absolute atomic E-state index is 11.3. The summed E-state index contributed by atoms with van der Waals surface area (Å²) in [7, 11) is 0. The summed E-state index contributed by atoms with van der Waals surface area (Å²) in [5.74, 6) is -0.117. The quantitative estimate of drug-likeness (QED) is 0.532. The highest BCUT2D eigenvalue weighted by molar-refractivity contribution is 5.77. The van der Waals surface area contributed by atoms with Crippen LogP contribution in [0.15, 0.2) is 12.2 Å². The molecule has 0 unspecified atom stereocenters. The van der Waals surface area contributed by atoms with E-state index < -0.39 is 0 Å². The Morgan fingerprint density at radius 1 is 1.31 bits per heavy atom. The van der Waals surface area contributed by atoms with Crippen LogP contribution < -0.4 is 5.32 Å². The van der Waals surface area contributed by atoms with Gasteiger partial charge < -0.3 is 14.8 Å². The second-order valence-electron chi connectivity index (χ2n) is 4.76. The van der Waals surface area contributed by atoms with Crippen LogP contribution in [-0.2, 0) is 14.3 Å². The highest BCUT2D eigenvalue weighted by atomic mass is 16.5. The Morgan fingerprint density at radius 2 is 1.94 bits per heavy atom. The predicted octanol–water partition coefficient (Wildman–Crippen LogP) is 1.51. The molecule has 0 aliphatic carbocycles. The van der Waals surface area contributed by atoms with Gasteiger partial charge in [-0.2, -0.15) is 0 Å². The van der Waals surface area contributed by atoms with Gasteiger partial charge in [-0.15, -0.1) is 0 Å². The van der Waals surface area contributed by atoms with Crippen LogP contribution in [-0.4, -0.2) is 37.9 Å². The lowest BCUT2D eigenvalue weighted by atomic mass is 10.2. The molecule has 0 aromatic heterocycles. The van der Waals surface area contributed by atoms with Crippen LogP contribution in [0.4, 0.5) is 0 Å². The first-order valence-electron chi connectivity index (χ1n) is 5.44. The Hall–Kier alpha value is -0.870. The van der Waals surface area contributed by atoms with E-state index >= 15 is 0 Å². The van der Waals surface area contributed by atoms with Crippen molar-refractivity contribution in [2.75, 3.05) is 26.4 Å². The maximum Gasteiger partial charge on any atom is 0.246 e. The number of hydrogen-bond acceptors (Lipinski definition) is 3. The zero-order valence-corrected chi connectivity index (χ0v) is 10.8. The number of ether oxygens (including phenoxy) is 2. The fraction of sp³-hybridized carbons (Fsp3) is 0.750. The Labute approximate surface area is 98.0 Å². The van der Waals surface area contributed by atoms with E-state index in [9.17, 15) is 4.79 Å². The number of carbonyl (C=O) groups is 1. The SMILES string of the molecule is C=C(C)COCCNC(=O)COC(C)(C)C. The largest absolute Gasteiger partial charge is 0.375 e. The maximum atomic E-state index is 11.3. The molecule has 0 spiro atoms. The van der Waals surface area contributed by atoms with Crippen LogP contribution in [0.25, 0.3) is 0 Å². The van der Waals surface area contributed by atoms with Gasteiger partial charge in [0, 0.05) is 6.54 Å². The van der Waals surface area contributed by atoms with E-state index in [2.05, 4.69) is 11.9 Å². The van der Waals surface area contributed by atoms with Gasteiger partial charge in [-0.05, 0) is 27.7 Å². The molecule has 0 aliphatic rings. The highest BCUT2D eigenvalue weighted by Crippen LogP contribution is 2.05. The zero-order chi connectivity index (χ0) is 12.6. The first-order valence-corrected chi connectivity index (χ1v) is 5.44. The summed E-state index contributed by atoms with van der Waals surface area (Å²) < 4.78 is 10.6. The number of carbonyl (C=O) groups excluding carboxylic acids is 1. The van der Waals surface area contributed by atoms with Gasteiger partial charge >= 0.3 is 0 Å². The average molecular weight is 229 g/mol. The third-order valence-electron chi connectivity index (χ3n) is 1.55. The monoisotopic (exact) mass is 229 g/mol. The Kier molecular flexibility index (Phi) is 7.01. The molecule has 94 valence electrons.